The highest BCUT2D eigenvalue weighted by Crippen LogP contribution is 2.22. The topological polar surface area (TPSA) is 84.9 Å². The summed E-state index contributed by atoms with van der Waals surface area (Å²) in [6, 6.07) is 14.4. The molecule has 0 aromatic heterocycles. The molecule has 0 aliphatic carbocycles. The van der Waals surface area contributed by atoms with Crippen LogP contribution in [0.15, 0.2) is 48.5 Å². The highest BCUT2D eigenvalue weighted by Gasteiger charge is 2.18. The predicted molar refractivity (Wildman–Crippen MR) is 123 cm³/mol. The molecule has 7 nitrogen and oxygen atoms in total. The lowest BCUT2D eigenvalue weighted by molar-refractivity contribution is -0.121. The second-order valence-corrected chi connectivity index (χ2v) is 9.37. The molecule has 0 unspecified atom stereocenters. The Bertz CT molecular complexity index is 927. The molecule has 1 atom stereocenters. The normalized spacial score (nSPS) is 12.1. The smallest absolute Gasteiger partial charge is 0.232 e. The average molecular weight is 449 g/mol. The Morgan fingerprint density at radius 3 is 2.19 bits per heavy atom. The molecule has 0 saturated heterocycles. The fourth-order valence-corrected chi connectivity index (χ4v) is 3.95. The Morgan fingerprint density at radius 1 is 1.03 bits per heavy atom. The zero-order valence-corrected chi connectivity index (χ0v) is 19.4. The standard InChI is InChI=1S/C23H32N2O5S/c1-5-29-21-14-10-20(11-15-21)25(31(4,27)28)16-6-7-23(26)24-19(3)17-30-22-12-8-18(2)9-13-22/h8-15,19H,5-7,16-17H2,1-4H3,(H,24,26)/t19-/m0/s1. The molecule has 2 rings (SSSR count). The van der Waals surface area contributed by atoms with Crippen molar-refractivity contribution in [1.29, 1.82) is 0 Å². The van der Waals surface area contributed by atoms with Crippen molar-refractivity contribution in [1.82, 2.24) is 5.32 Å². The van der Waals surface area contributed by atoms with Crippen LogP contribution in [-0.4, -0.2) is 46.4 Å². The number of amides is 1. The van der Waals surface area contributed by atoms with Gasteiger partial charge in [0, 0.05) is 13.0 Å². The SMILES string of the molecule is CCOc1ccc(N(CCCC(=O)N[C@@H](C)COc2ccc(C)cc2)S(C)(=O)=O)cc1. The zero-order chi connectivity index (χ0) is 22.9. The maximum absolute atomic E-state index is 12.2. The molecule has 0 fully saturated rings. The summed E-state index contributed by atoms with van der Waals surface area (Å²) in [6.07, 6.45) is 1.78. The van der Waals surface area contributed by atoms with Crippen molar-refractivity contribution in [3.05, 3.63) is 54.1 Å². The van der Waals surface area contributed by atoms with Gasteiger partial charge in [-0.3, -0.25) is 9.10 Å². The molecule has 1 N–H and O–H groups in total. The quantitative estimate of drug-likeness (QED) is 0.537. The molecule has 2 aromatic rings. The fraction of sp³-hybridized carbons (Fsp3) is 0.435. The van der Waals surface area contributed by atoms with E-state index in [0.29, 0.717) is 31.1 Å². The van der Waals surface area contributed by atoms with Crippen LogP contribution in [0.3, 0.4) is 0 Å². The van der Waals surface area contributed by atoms with Gasteiger partial charge in [0.25, 0.3) is 0 Å². The molecule has 8 heteroatoms. The maximum Gasteiger partial charge on any atom is 0.232 e. The van der Waals surface area contributed by atoms with Gasteiger partial charge in [-0.05, 0) is 63.6 Å². The van der Waals surface area contributed by atoms with E-state index in [4.69, 9.17) is 9.47 Å². The predicted octanol–water partition coefficient (Wildman–Crippen LogP) is 3.52. The minimum absolute atomic E-state index is 0.139. The van der Waals surface area contributed by atoms with Gasteiger partial charge in [0.15, 0.2) is 0 Å². The minimum Gasteiger partial charge on any atom is -0.494 e. The molecule has 1 amide bonds. The number of hydrogen-bond acceptors (Lipinski definition) is 5. The molecule has 0 bridgehead atoms. The number of anilines is 1. The highest BCUT2D eigenvalue weighted by molar-refractivity contribution is 7.92. The Labute approximate surface area is 185 Å². The Balaban J connectivity index is 1.81. The zero-order valence-electron chi connectivity index (χ0n) is 18.6. The molecule has 170 valence electrons. The molecular formula is C23H32N2O5S. The number of hydrogen-bond donors (Lipinski definition) is 1. The van der Waals surface area contributed by atoms with Crippen molar-refractivity contribution in [3.8, 4) is 11.5 Å². The summed E-state index contributed by atoms with van der Waals surface area (Å²) in [6.45, 7) is 6.88. The van der Waals surface area contributed by atoms with Crippen LogP contribution in [0.25, 0.3) is 0 Å². The molecule has 0 spiro atoms. The first kappa shape index (κ1) is 24.5. The highest BCUT2D eigenvalue weighted by atomic mass is 32.2. The first-order chi connectivity index (χ1) is 14.7. The number of ether oxygens (including phenoxy) is 2. The van der Waals surface area contributed by atoms with E-state index >= 15 is 0 Å². The number of nitrogens with one attached hydrogen (secondary N) is 1. The van der Waals surface area contributed by atoms with Crippen LogP contribution >= 0.6 is 0 Å². The van der Waals surface area contributed by atoms with Crippen molar-refractivity contribution in [2.24, 2.45) is 0 Å². The van der Waals surface area contributed by atoms with Gasteiger partial charge in [-0.15, -0.1) is 0 Å². The van der Waals surface area contributed by atoms with Gasteiger partial charge in [-0.1, -0.05) is 17.7 Å². The van der Waals surface area contributed by atoms with Crippen LogP contribution in [0.5, 0.6) is 11.5 Å². The third-order valence-corrected chi connectivity index (χ3v) is 5.72. The van der Waals surface area contributed by atoms with Gasteiger partial charge in [-0.25, -0.2) is 8.42 Å². The maximum atomic E-state index is 12.2. The van der Waals surface area contributed by atoms with Crippen LogP contribution in [-0.2, 0) is 14.8 Å². The van der Waals surface area contributed by atoms with E-state index in [1.54, 1.807) is 24.3 Å². The molecule has 0 aliphatic heterocycles. The van der Waals surface area contributed by atoms with Gasteiger partial charge in [-0.2, -0.15) is 0 Å². The van der Waals surface area contributed by atoms with Crippen molar-refractivity contribution in [2.75, 3.05) is 30.3 Å². The van der Waals surface area contributed by atoms with E-state index in [2.05, 4.69) is 5.32 Å². The summed E-state index contributed by atoms with van der Waals surface area (Å²) in [5.74, 6) is 1.30. The fourth-order valence-electron chi connectivity index (χ4n) is 2.99. The van der Waals surface area contributed by atoms with Crippen molar-refractivity contribution < 1.29 is 22.7 Å². The van der Waals surface area contributed by atoms with E-state index in [-0.39, 0.29) is 24.9 Å². The van der Waals surface area contributed by atoms with E-state index in [9.17, 15) is 13.2 Å². The second kappa shape index (κ2) is 11.6. The first-order valence-electron chi connectivity index (χ1n) is 10.4. The van der Waals surface area contributed by atoms with E-state index in [1.807, 2.05) is 45.0 Å². The molecule has 0 heterocycles. The number of carbonyl (C=O) groups is 1. The number of rotatable bonds is 12. The van der Waals surface area contributed by atoms with E-state index < -0.39 is 10.0 Å². The number of carbonyl (C=O) groups excluding carboxylic acids is 1. The van der Waals surface area contributed by atoms with Gasteiger partial charge in [0.1, 0.15) is 18.1 Å². The molecule has 0 radical (unpaired) electrons. The largest absolute Gasteiger partial charge is 0.494 e. The Kier molecular flexibility index (Phi) is 9.18. The van der Waals surface area contributed by atoms with E-state index in [1.165, 1.54) is 4.31 Å². The average Bonchev–Trinajstić information content (AvgIpc) is 2.71. The first-order valence-corrected chi connectivity index (χ1v) is 12.2. The van der Waals surface area contributed by atoms with Gasteiger partial charge >= 0.3 is 0 Å². The summed E-state index contributed by atoms with van der Waals surface area (Å²) >= 11 is 0. The third kappa shape index (κ3) is 8.49. The summed E-state index contributed by atoms with van der Waals surface area (Å²) in [5, 5.41) is 2.89. The van der Waals surface area contributed by atoms with Crippen LogP contribution in [0.2, 0.25) is 0 Å². The Hall–Kier alpha value is -2.74. The van der Waals surface area contributed by atoms with Crippen molar-refractivity contribution in [3.63, 3.8) is 0 Å². The van der Waals surface area contributed by atoms with Crippen LogP contribution in [0.1, 0.15) is 32.3 Å². The van der Waals surface area contributed by atoms with Gasteiger partial charge in [0.05, 0.1) is 24.6 Å². The summed E-state index contributed by atoms with van der Waals surface area (Å²) < 4.78 is 36.8. The molecule has 31 heavy (non-hydrogen) atoms. The summed E-state index contributed by atoms with van der Waals surface area (Å²) in [5.41, 5.74) is 1.70. The van der Waals surface area contributed by atoms with Crippen molar-refractivity contribution >= 4 is 21.6 Å². The monoisotopic (exact) mass is 448 g/mol. The third-order valence-electron chi connectivity index (χ3n) is 4.53. The number of benzene rings is 2. The minimum atomic E-state index is -3.47. The molecule has 0 saturated carbocycles. The van der Waals surface area contributed by atoms with Crippen molar-refractivity contribution in [2.45, 2.75) is 39.7 Å². The molecule has 0 aliphatic rings. The number of nitrogens with zero attached hydrogens (tertiary/aromatic N) is 1. The lowest BCUT2D eigenvalue weighted by Gasteiger charge is -2.23. The summed E-state index contributed by atoms with van der Waals surface area (Å²) in [7, 11) is -3.47. The lowest BCUT2D eigenvalue weighted by Crippen LogP contribution is -2.37. The lowest BCUT2D eigenvalue weighted by atomic mass is 10.2. The Morgan fingerprint density at radius 2 is 1.61 bits per heavy atom. The van der Waals surface area contributed by atoms with E-state index in [0.717, 1.165) is 17.6 Å². The van der Waals surface area contributed by atoms with Crippen LogP contribution < -0.4 is 19.1 Å². The number of aryl methyl sites for hydroxylation is 1. The van der Waals surface area contributed by atoms with Crippen LogP contribution in [0, 0.1) is 6.92 Å². The van der Waals surface area contributed by atoms with Gasteiger partial charge < -0.3 is 14.8 Å². The van der Waals surface area contributed by atoms with Crippen LogP contribution in [0.4, 0.5) is 5.69 Å². The second-order valence-electron chi connectivity index (χ2n) is 7.46. The summed E-state index contributed by atoms with van der Waals surface area (Å²) in [4.78, 5) is 12.2. The molecular weight excluding hydrogens is 416 g/mol. The number of sulfonamides is 1. The molecule has 2 aromatic carbocycles. The van der Waals surface area contributed by atoms with Gasteiger partial charge in [0.2, 0.25) is 15.9 Å².